The molecule has 2 rings (SSSR count). The first-order chi connectivity index (χ1) is 7.93. The maximum atomic E-state index is 11.7. The Labute approximate surface area is 96.8 Å². The Morgan fingerprint density at radius 1 is 1.41 bits per heavy atom. The van der Waals surface area contributed by atoms with Crippen LogP contribution in [0, 0.1) is 10.1 Å². The number of nitro groups is 1. The highest BCUT2D eigenvalue weighted by Gasteiger charge is 2.44. The molecule has 0 aliphatic carbocycles. The Kier molecular flexibility index (Phi) is 2.42. The number of nitro benzene ring substituents is 1. The van der Waals surface area contributed by atoms with E-state index in [4.69, 9.17) is 0 Å². The number of nitrogens with one attached hydrogen (secondary N) is 1. The van der Waals surface area contributed by atoms with E-state index in [9.17, 15) is 19.7 Å². The second-order valence-electron chi connectivity index (χ2n) is 4.19. The smallest absolute Gasteiger partial charge is 0.269 e. The molecule has 6 nitrogen and oxygen atoms in total. The summed E-state index contributed by atoms with van der Waals surface area (Å²) >= 11 is 0. The van der Waals surface area contributed by atoms with Crippen LogP contribution in [0.1, 0.15) is 18.9 Å². The first kappa shape index (κ1) is 11.3. The highest BCUT2D eigenvalue weighted by Crippen LogP contribution is 2.33. The van der Waals surface area contributed by atoms with Crippen molar-refractivity contribution in [3.63, 3.8) is 0 Å². The fourth-order valence-corrected chi connectivity index (χ4v) is 1.91. The molecule has 17 heavy (non-hydrogen) atoms. The third kappa shape index (κ3) is 1.77. The molecule has 6 heteroatoms. The second-order valence-corrected chi connectivity index (χ2v) is 4.19. The van der Waals surface area contributed by atoms with E-state index in [1.165, 1.54) is 18.2 Å². The van der Waals surface area contributed by atoms with Gasteiger partial charge in [0.05, 0.1) is 10.3 Å². The Morgan fingerprint density at radius 3 is 2.65 bits per heavy atom. The van der Waals surface area contributed by atoms with Crippen LogP contribution in [-0.2, 0) is 15.0 Å². The molecule has 1 atom stereocenters. The van der Waals surface area contributed by atoms with Gasteiger partial charge in [-0.3, -0.25) is 25.0 Å². The molecular weight excluding hydrogens is 224 g/mol. The van der Waals surface area contributed by atoms with Gasteiger partial charge >= 0.3 is 0 Å². The molecule has 88 valence electrons. The van der Waals surface area contributed by atoms with E-state index < -0.39 is 16.2 Å². The minimum absolute atomic E-state index is 0.0208. The van der Waals surface area contributed by atoms with Gasteiger partial charge in [-0.15, -0.1) is 0 Å². The van der Waals surface area contributed by atoms with Gasteiger partial charge in [-0.1, -0.05) is 12.1 Å². The molecule has 2 amide bonds. The zero-order chi connectivity index (χ0) is 12.6. The number of nitrogens with zero attached hydrogens (tertiary/aromatic N) is 1. The molecule has 0 spiro atoms. The predicted octanol–water partition coefficient (Wildman–Crippen LogP) is 0.899. The summed E-state index contributed by atoms with van der Waals surface area (Å²) in [5, 5.41) is 12.9. The summed E-state index contributed by atoms with van der Waals surface area (Å²) in [6, 6.07) is 5.81. The van der Waals surface area contributed by atoms with Gasteiger partial charge < -0.3 is 0 Å². The Hall–Kier alpha value is -2.24. The summed E-state index contributed by atoms with van der Waals surface area (Å²) in [4.78, 5) is 33.0. The molecular formula is C11H10N2O4. The summed E-state index contributed by atoms with van der Waals surface area (Å²) in [6.07, 6.45) is 0.0208. The lowest BCUT2D eigenvalue weighted by molar-refractivity contribution is -0.384. The van der Waals surface area contributed by atoms with E-state index in [-0.39, 0.29) is 18.0 Å². The van der Waals surface area contributed by atoms with Crippen LogP contribution in [0.5, 0.6) is 0 Å². The number of carbonyl (C=O) groups is 2. The largest absolute Gasteiger partial charge is 0.296 e. The minimum Gasteiger partial charge on any atom is -0.296 e. The Morgan fingerprint density at radius 2 is 2.12 bits per heavy atom. The Bertz CT molecular complexity index is 526. The van der Waals surface area contributed by atoms with Crippen molar-refractivity contribution in [1.82, 2.24) is 5.32 Å². The number of non-ortho nitro benzene ring substituents is 1. The van der Waals surface area contributed by atoms with Crippen molar-refractivity contribution >= 4 is 17.5 Å². The van der Waals surface area contributed by atoms with Gasteiger partial charge in [0.15, 0.2) is 0 Å². The third-order valence-corrected chi connectivity index (χ3v) is 2.96. The highest BCUT2D eigenvalue weighted by molar-refractivity contribution is 6.08. The average Bonchev–Trinajstić information content (AvgIpc) is 2.54. The fourth-order valence-electron chi connectivity index (χ4n) is 1.91. The average molecular weight is 234 g/mol. The summed E-state index contributed by atoms with van der Waals surface area (Å²) in [7, 11) is 0. The molecule has 0 radical (unpaired) electrons. The van der Waals surface area contributed by atoms with Crippen LogP contribution in [0.15, 0.2) is 24.3 Å². The number of imide groups is 1. The van der Waals surface area contributed by atoms with Gasteiger partial charge in [0.2, 0.25) is 11.8 Å². The molecule has 0 bridgehead atoms. The SMILES string of the molecule is CC1(c2cccc([N+](=O)[O-])c2)CC(=O)NC1=O. The number of carbonyl (C=O) groups excluding carboxylic acids is 2. The van der Waals surface area contributed by atoms with Gasteiger partial charge in [0.1, 0.15) is 0 Å². The van der Waals surface area contributed by atoms with E-state index >= 15 is 0 Å². The molecule has 1 saturated heterocycles. The van der Waals surface area contributed by atoms with Gasteiger partial charge in [0.25, 0.3) is 5.69 Å². The number of hydrogen-bond acceptors (Lipinski definition) is 4. The van der Waals surface area contributed by atoms with Crippen molar-refractivity contribution in [2.75, 3.05) is 0 Å². The Balaban J connectivity index is 2.47. The molecule has 0 saturated carbocycles. The maximum absolute atomic E-state index is 11.7. The molecule has 1 aromatic rings. The van der Waals surface area contributed by atoms with Crippen LogP contribution in [0.3, 0.4) is 0 Å². The molecule has 0 aromatic heterocycles. The van der Waals surface area contributed by atoms with E-state index in [0.717, 1.165) is 0 Å². The van der Waals surface area contributed by atoms with Gasteiger partial charge in [-0.2, -0.15) is 0 Å². The van der Waals surface area contributed by atoms with Crippen LogP contribution in [0.4, 0.5) is 5.69 Å². The van der Waals surface area contributed by atoms with Crippen molar-refractivity contribution in [2.24, 2.45) is 0 Å². The van der Waals surface area contributed by atoms with E-state index in [2.05, 4.69) is 5.32 Å². The summed E-state index contributed by atoms with van der Waals surface area (Å²) < 4.78 is 0. The van der Waals surface area contributed by atoms with Gasteiger partial charge in [-0.25, -0.2) is 0 Å². The van der Waals surface area contributed by atoms with Gasteiger partial charge in [0, 0.05) is 18.6 Å². The van der Waals surface area contributed by atoms with Crippen molar-refractivity contribution in [3.05, 3.63) is 39.9 Å². The van der Waals surface area contributed by atoms with Crippen molar-refractivity contribution in [2.45, 2.75) is 18.8 Å². The minimum atomic E-state index is -1.01. The highest BCUT2D eigenvalue weighted by atomic mass is 16.6. The standard InChI is InChI=1S/C11H10N2O4/c1-11(6-9(14)12-10(11)15)7-3-2-4-8(5-7)13(16)17/h2-5H,6H2,1H3,(H,12,14,15). The number of hydrogen-bond donors (Lipinski definition) is 1. The lowest BCUT2D eigenvalue weighted by Crippen LogP contribution is -2.32. The third-order valence-electron chi connectivity index (χ3n) is 2.96. The van der Waals surface area contributed by atoms with Crippen molar-refractivity contribution in [1.29, 1.82) is 0 Å². The van der Waals surface area contributed by atoms with Crippen molar-refractivity contribution < 1.29 is 14.5 Å². The lowest BCUT2D eigenvalue weighted by atomic mass is 9.81. The van der Waals surface area contributed by atoms with E-state index in [1.54, 1.807) is 13.0 Å². The zero-order valence-corrected chi connectivity index (χ0v) is 9.10. The predicted molar refractivity (Wildman–Crippen MR) is 58.2 cm³/mol. The monoisotopic (exact) mass is 234 g/mol. The maximum Gasteiger partial charge on any atom is 0.269 e. The van der Waals surface area contributed by atoms with Crippen LogP contribution in [0.2, 0.25) is 0 Å². The molecule has 1 aromatic carbocycles. The molecule has 1 unspecified atom stereocenters. The van der Waals surface area contributed by atoms with Crippen LogP contribution in [0.25, 0.3) is 0 Å². The molecule has 1 aliphatic heterocycles. The first-order valence-corrected chi connectivity index (χ1v) is 5.03. The lowest BCUT2D eigenvalue weighted by Gasteiger charge is -2.19. The van der Waals surface area contributed by atoms with Crippen LogP contribution < -0.4 is 5.32 Å². The fraction of sp³-hybridized carbons (Fsp3) is 0.273. The second kappa shape index (κ2) is 3.65. The quantitative estimate of drug-likeness (QED) is 0.467. The van der Waals surface area contributed by atoms with Crippen molar-refractivity contribution in [3.8, 4) is 0 Å². The van der Waals surface area contributed by atoms with E-state index in [0.29, 0.717) is 5.56 Å². The van der Waals surface area contributed by atoms with Crippen LogP contribution >= 0.6 is 0 Å². The van der Waals surface area contributed by atoms with Gasteiger partial charge in [-0.05, 0) is 12.5 Å². The topological polar surface area (TPSA) is 89.3 Å². The number of benzene rings is 1. The first-order valence-electron chi connectivity index (χ1n) is 5.03. The number of rotatable bonds is 2. The molecule has 1 aliphatic rings. The zero-order valence-electron chi connectivity index (χ0n) is 9.10. The van der Waals surface area contributed by atoms with Crippen LogP contribution in [-0.4, -0.2) is 16.7 Å². The van der Waals surface area contributed by atoms with E-state index in [1.807, 2.05) is 0 Å². The summed E-state index contributed by atoms with van der Waals surface area (Å²) in [5.41, 5.74) is -0.616. The molecule has 1 fully saturated rings. The summed E-state index contributed by atoms with van der Waals surface area (Å²) in [6.45, 7) is 1.60. The normalized spacial score (nSPS) is 23.6. The molecule has 1 N–H and O–H groups in total. The molecule has 1 heterocycles. The summed E-state index contributed by atoms with van der Waals surface area (Å²) in [5.74, 6) is -0.771. The number of amides is 2.